The normalized spacial score (nSPS) is 11.5. The van der Waals surface area contributed by atoms with Crippen LogP contribution in [0.1, 0.15) is 18.2 Å². The molecule has 0 bridgehead atoms. The minimum absolute atomic E-state index is 0.180. The average Bonchev–Trinajstić information content (AvgIpc) is 2.74. The predicted octanol–water partition coefficient (Wildman–Crippen LogP) is 1.72. The quantitative estimate of drug-likeness (QED) is 0.925. The van der Waals surface area contributed by atoms with Gasteiger partial charge in [0.1, 0.15) is 10.7 Å². The van der Waals surface area contributed by atoms with Crippen molar-refractivity contribution in [1.29, 1.82) is 0 Å². The van der Waals surface area contributed by atoms with Crippen LogP contribution in [-0.4, -0.2) is 23.2 Å². The summed E-state index contributed by atoms with van der Waals surface area (Å²) >= 11 is 0. The summed E-state index contributed by atoms with van der Waals surface area (Å²) in [6, 6.07) is 3.56. The number of anilines is 1. The minimum Gasteiger partial charge on any atom is -0.271 e. The Balaban J connectivity index is 2.38. The second-order valence-corrected chi connectivity index (χ2v) is 5.86. The Bertz CT molecular complexity index is 692. The lowest BCUT2D eigenvalue weighted by Gasteiger charge is -2.08. The van der Waals surface area contributed by atoms with Crippen LogP contribution in [0.3, 0.4) is 0 Å². The largest absolute Gasteiger partial charge is 0.271 e. The summed E-state index contributed by atoms with van der Waals surface area (Å²) in [5, 5.41) is 4.14. The van der Waals surface area contributed by atoms with Gasteiger partial charge in [0, 0.05) is 18.9 Å². The van der Waals surface area contributed by atoms with Crippen molar-refractivity contribution in [2.45, 2.75) is 32.2 Å². The van der Waals surface area contributed by atoms with Gasteiger partial charge in [-0.3, -0.25) is 9.40 Å². The summed E-state index contributed by atoms with van der Waals surface area (Å²) in [5.74, 6) is 0.339. The van der Waals surface area contributed by atoms with E-state index in [1.54, 1.807) is 36.9 Å². The Morgan fingerprint density at radius 3 is 2.68 bits per heavy atom. The lowest BCUT2D eigenvalue weighted by atomic mass is 10.3. The third-order valence-corrected chi connectivity index (χ3v) is 4.20. The van der Waals surface area contributed by atoms with E-state index in [1.807, 2.05) is 6.92 Å². The first-order valence-corrected chi connectivity index (χ1v) is 7.41. The summed E-state index contributed by atoms with van der Waals surface area (Å²) in [6.45, 7) is 6.00. The zero-order chi connectivity index (χ0) is 14.0. The van der Waals surface area contributed by atoms with Gasteiger partial charge in [-0.25, -0.2) is 13.4 Å². The highest BCUT2D eigenvalue weighted by molar-refractivity contribution is 7.92. The fraction of sp³-hybridized carbons (Fsp3) is 0.333. The van der Waals surface area contributed by atoms with Crippen molar-refractivity contribution in [3.8, 4) is 0 Å². The molecule has 0 aliphatic heterocycles. The van der Waals surface area contributed by atoms with E-state index < -0.39 is 10.0 Å². The van der Waals surface area contributed by atoms with Crippen LogP contribution >= 0.6 is 0 Å². The second-order valence-electron chi connectivity index (χ2n) is 4.21. The first-order valence-electron chi connectivity index (χ1n) is 5.92. The van der Waals surface area contributed by atoms with Gasteiger partial charge in [-0.05, 0) is 32.4 Å². The zero-order valence-corrected chi connectivity index (χ0v) is 11.9. The number of rotatable bonds is 4. The molecule has 0 radical (unpaired) electrons. The third-order valence-electron chi connectivity index (χ3n) is 2.76. The van der Waals surface area contributed by atoms with Gasteiger partial charge in [-0.15, -0.1) is 0 Å². The average molecular weight is 280 g/mol. The van der Waals surface area contributed by atoms with Crippen LogP contribution in [0.2, 0.25) is 0 Å². The number of aryl methyl sites for hydroxylation is 3. The standard InChI is InChI=1S/C12H16N4O2S/c1-4-16-8-11(10(3)14-16)19(17,18)15-12-9(2)6-5-7-13-12/h5-8H,4H2,1-3H3,(H,13,15). The van der Waals surface area contributed by atoms with Gasteiger partial charge in [0.15, 0.2) is 0 Å². The second kappa shape index (κ2) is 5.00. The number of pyridine rings is 1. The molecule has 0 atom stereocenters. The number of hydrogen-bond donors (Lipinski definition) is 1. The fourth-order valence-corrected chi connectivity index (χ4v) is 2.97. The molecule has 0 fully saturated rings. The van der Waals surface area contributed by atoms with Gasteiger partial charge in [0.25, 0.3) is 10.0 Å². The summed E-state index contributed by atoms with van der Waals surface area (Å²) in [5.41, 5.74) is 1.24. The highest BCUT2D eigenvalue weighted by Gasteiger charge is 2.21. The molecule has 2 rings (SSSR count). The van der Waals surface area contributed by atoms with E-state index in [9.17, 15) is 8.42 Å². The molecule has 0 unspecified atom stereocenters. The molecular weight excluding hydrogens is 264 g/mol. The van der Waals surface area contributed by atoms with Crippen molar-refractivity contribution < 1.29 is 8.42 Å². The maximum atomic E-state index is 12.3. The summed E-state index contributed by atoms with van der Waals surface area (Å²) in [4.78, 5) is 4.21. The Hall–Kier alpha value is -1.89. The van der Waals surface area contributed by atoms with Crippen LogP contribution < -0.4 is 4.72 Å². The topological polar surface area (TPSA) is 76.9 Å². The van der Waals surface area contributed by atoms with Crippen LogP contribution in [-0.2, 0) is 16.6 Å². The van der Waals surface area contributed by atoms with Gasteiger partial charge < -0.3 is 0 Å². The van der Waals surface area contributed by atoms with E-state index in [0.29, 0.717) is 18.1 Å². The zero-order valence-electron chi connectivity index (χ0n) is 11.1. The fourth-order valence-electron chi connectivity index (χ4n) is 1.70. The van der Waals surface area contributed by atoms with E-state index in [1.165, 1.54) is 6.20 Å². The van der Waals surface area contributed by atoms with E-state index in [0.717, 1.165) is 5.56 Å². The van der Waals surface area contributed by atoms with Crippen molar-refractivity contribution >= 4 is 15.8 Å². The van der Waals surface area contributed by atoms with E-state index in [-0.39, 0.29) is 4.90 Å². The first kappa shape index (κ1) is 13.5. The minimum atomic E-state index is -3.65. The van der Waals surface area contributed by atoms with E-state index in [4.69, 9.17) is 0 Å². The molecule has 2 heterocycles. The number of nitrogens with zero attached hydrogens (tertiary/aromatic N) is 3. The molecule has 1 N–H and O–H groups in total. The SMILES string of the molecule is CCn1cc(S(=O)(=O)Nc2ncccc2C)c(C)n1. The lowest BCUT2D eigenvalue weighted by molar-refractivity contribution is 0.600. The molecule has 0 saturated carbocycles. The van der Waals surface area contributed by atoms with Crippen LogP contribution in [0.15, 0.2) is 29.4 Å². The number of sulfonamides is 1. The lowest BCUT2D eigenvalue weighted by Crippen LogP contribution is -2.15. The van der Waals surface area contributed by atoms with Crippen molar-refractivity contribution in [2.24, 2.45) is 0 Å². The molecule has 0 saturated heterocycles. The molecule has 0 aromatic carbocycles. The predicted molar refractivity (Wildman–Crippen MR) is 72.4 cm³/mol. The summed E-state index contributed by atoms with van der Waals surface area (Å²) in [7, 11) is -3.65. The monoisotopic (exact) mass is 280 g/mol. The smallest absolute Gasteiger partial charge is 0.266 e. The summed E-state index contributed by atoms with van der Waals surface area (Å²) < 4.78 is 28.7. The first-order chi connectivity index (χ1) is 8.94. The van der Waals surface area contributed by atoms with Crippen LogP contribution in [0, 0.1) is 13.8 Å². The van der Waals surface area contributed by atoms with Gasteiger partial charge >= 0.3 is 0 Å². The number of nitrogens with one attached hydrogen (secondary N) is 1. The Kier molecular flexibility index (Phi) is 3.57. The van der Waals surface area contributed by atoms with Crippen molar-refractivity contribution in [3.05, 3.63) is 35.8 Å². The van der Waals surface area contributed by atoms with E-state index >= 15 is 0 Å². The highest BCUT2D eigenvalue weighted by atomic mass is 32.2. The number of aromatic nitrogens is 3. The molecule has 0 aliphatic carbocycles. The van der Waals surface area contributed by atoms with Crippen LogP contribution in [0.4, 0.5) is 5.82 Å². The molecule has 0 amide bonds. The molecule has 7 heteroatoms. The molecular formula is C12H16N4O2S. The Morgan fingerprint density at radius 2 is 2.11 bits per heavy atom. The van der Waals surface area contributed by atoms with Gasteiger partial charge in [-0.1, -0.05) is 6.07 Å². The van der Waals surface area contributed by atoms with Crippen molar-refractivity contribution in [1.82, 2.24) is 14.8 Å². The van der Waals surface area contributed by atoms with Crippen molar-refractivity contribution in [2.75, 3.05) is 4.72 Å². The van der Waals surface area contributed by atoms with Gasteiger partial charge in [0.05, 0.1) is 5.69 Å². The maximum absolute atomic E-state index is 12.3. The number of hydrogen-bond acceptors (Lipinski definition) is 4. The molecule has 2 aromatic heterocycles. The molecule has 19 heavy (non-hydrogen) atoms. The van der Waals surface area contributed by atoms with Crippen LogP contribution in [0.5, 0.6) is 0 Å². The van der Waals surface area contributed by atoms with Crippen LogP contribution in [0.25, 0.3) is 0 Å². The summed E-state index contributed by atoms with van der Waals surface area (Å²) in [6.07, 6.45) is 3.07. The molecule has 2 aromatic rings. The third kappa shape index (κ3) is 2.76. The van der Waals surface area contributed by atoms with Crippen molar-refractivity contribution in [3.63, 3.8) is 0 Å². The Morgan fingerprint density at radius 1 is 1.37 bits per heavy atom. The molecule has 0 aliphatic rings. The van der Waals surface area contributed by atoms with Gasteiger partial charge in [0.2, 0.25) is 0 Å². The van der Waals surface area contributed by atoms with E-state index in [2.05, 4.69) is 14.8 Å². The molecule has 0 spiro atoms. The highest BCUT2D eigenvalue weighted by Crippen LogP contribution is 2.19. The maximum Gasteiger partial charge on any atom is 0.266 e. The molecule has 6 nitrogen and oxygen atoms in total. The van der Waals surface area contributed by atoms with Gasteiger partial charge in [-0.2, -0.15) is 5.10 Å². The Labute approximate surface area is 112 Å². The molecule has 102 valence electrons.